The lowest BCUT2D eigenvalue weighted by Crippen LogP contribution is -2.50. The number of hydrogen-bond acceptors (Lipinski definition) is 4. The van der Waals surface area contributed by atoms with Crippen LogP contribution in [0.5, 0.6) is 0 Å². The summed E-state index contributed by atoms with van der Waals surface area (Å²) < 4.78 is 5.54. The molecule has 0 bridgehead atoms. The molecular formula is C23H35NO3. The van der Waals surface area contributed by atoms with Gasteiger partial charge in [-0.15, -0.1) is 0 Å². The van der Waals surface area contributed by atoms with Gasteiger partial charge < -0.3 is 9.84 Å². The number of nitrogens with zero attached hydrogens (tertiary/aromatic N) is 1. The molecule has 4 rings (SSSR count). The molecule has 0 unspecified atom stereocenters. The standard InChI is InChI=1S/C23H35NO3/c1-15(26)27-17-8-10-22(2)16(14-17)4-5-18-19-6-7-21(24-12-13-25)23(19,3)11-9-20(18)22/h4,17-20,25H,5-14H2,1-3H3/t17-,18-,19-,20-,22-,23-/m0/s1. The first-order valence-electron chi connectivity index (χ1n) is 10.9. The molecule has 0 aromatic heterocycles. The van der Waals surface area contributed by atoms with Crippen LogP contribution in [0.25, 0.3) is 0 Å². The summed E-state index contributed by atoms with van der Waals surface area (Å²) in [4.78, 5) is 16.2. The minimum Gasteiger partial charge on any atom is -0.462 e. The van der Waals surface area contributed by atoms with Crippen LogP contribution in [-0.4, -0.2) is 36.0 Å². The second-order valence-electron chi connectivity index (χ2n) is 9.78. The highest BCUT2D eigenvalue weighted by Crippen LogP contribution is 2.64. The number of carbonyl (C=O) groups is 1. The molecule has 0 aliphatic heterocycles. The van der Waals surface area contributed by atoms with Gasteiger partial charge in [0.15, 0.2) is 0 Å². The van der Waals surface area contributed by atoms with E-state index in [-0.39, 0.29) is 29.5 Å². The molecule has 4 aliphatic rings. The van der Waals surface area contributed by atoms with Crippen LogP contribution in [0.4, 0.5) is 0 Å². The van der Waals surface area contributed by atoms with Crippen molar-refractivity contribution in [3.8, 4) is 0 Å². The summed E-state index contributed by atoms with van der Waals surface area (Å²) in [7, 11) is 0. The normalized spacial score (nSPS) is 44.9. The first-order chi connectivity index (χ1) is 12.9. The third-order valence-electron chi connectivity index (χ3n) is 8.53. The van der Waals surface area contributed by atoms with Gasteiger partial charge in [-0.05, 0) is 68.1 Å². The molecule has 0 saturated heterocycles. The Hall–Kier alpha value is -1.16. The zero-order valence-electron chi connectivity index (χ0n) is 17.2. The van der Waals surface area contributed by atoms with Crippen LogP contribution in [0.2, 0.25) is 0 Å². The smallest absolute Gasteiger partial charge is 0.302 e. The number of hydrogen-bond donors (Lipinski definition) is 1. The summed E-state index contributed by atoms with van der Waals surface area (Å²) in [5.74, 6) is 2.09. The maximum absolute atomic E-state index is 11.4. The van der Waals surface area contributed by atoms with Gasteiger partial charge in [-0.25, -0.2) is 0 Å². The SMILES string of the molecule is CC(=O)O[C@H]1CC[C@@]2(C)C(=CC[C@@H]3[C@@H]2CC[C@]2(C)C(=NCCO)CC[C@@H]32)C1. The third-order valence-corrected chi connectivity index (χ3v) is 8.53. The molecule has 0 aromatic carbocycles. The van der Waals surface area contributed by atoms with Gasteiger partial charge in [0.2, 0.25) is 0 Å². The lowest BCUT2D eigenvalue weighted by molar-refractivity contribution is -0.148. The van der Waals surface area contributed by atoms with Gasteiger partial charge >= 0.3 is 5.97 Å². The fraction of sp³-hybridized carbons (Fsp3) is 0.826. The summed E-state index contributed by atoms with van der Waals surface area (Å²) in [5.41, 5.74) is 3.45. The summed E-state index contributed by atoms with van der Waals surface area (Å²) in [6, 6.07) is 0. The van der Waals surface area contributed by atoms with E-state index in [0.717, 1.165) is 43.4 Å². The van der Waals surface area contributed by atoms with Gasteiger partial charge in [0.1, 0.15) is 6.10 Å². The van der Waals surface area contributed by atoms with Gasteiger partial charge in [0, 0.05) is 24.5 Å². The molecule has 0 aromatic rings. The van der Waals surface area contributed by atoms with E-state index in [1.54, 1.807) is 5.57 Å². The second-order valence-corrected chi connectivity index (χ2v) is 9.78. The van der Waals surface area contributed by atoms with Gasteiger partial charge in [-0.3, -0.25) is 9.79 Å². The van der Waals surface area contributed by atoms with Crippen molar-refractivity contribution < 1.29 is 14.6 Å². The fourth-order valence-corrected chi connectivity index (χ4v) is 7.20. The average molecular weight is 374 g/mol. The zero-order chi connectivity index (χ0) is 19.2. The van der Waals surface area contributed by atoms with Crippen molar-refractivity contribution in [3.05, 3.63) is 11.6 Å². The van der Waals surface area contributed by atoms with E-state index in [4.69, 9.17) is 9.73 Å². The largest absolute Gasteiger partial charge is 0.462 e. The molecule has 0 amide bonds. The van der Waals surface area contributed by atoms with Gasteiger partial charge in [-0.2, -0.15) is 0 Å². The van der Waals surface area contributed by atoms with E-state index < -0.39 is 0 Å². The lowest BCUT2D eigenvalue weighted by Gasteiger charge is -2.57. The van der Waals surface area contributed by atoms with Crippen LogP contribution in [0.3, 0.4) is 0 Å². The van der Waals surface area contributed by atoms with Crippen LogP contribution < -0.4 is 0 Å². The second kappa shape index (κ2) is 7.02. The van der Waals surface area contributed by atoms with Crippen molar-refractivity contribution in [1.82, 2.24) is 0 Å². The zero-order valence-corrected chi connectivity index (χ0v) is 17.2. The van der Waals surface area contributed by atoms with Crippen molar-refractivity contribution in [2.24, 2.45) is 33.6 Å². The van der Waals surface area contributed by atoms with Crippen molar-refractivity contribution in [1.29, 1.82) is 0 Å². The molecule has 4 heteroatoms. The lowest BCUT2D eigenvalue weighted by atomic mass is 9.48. The molecule has 27 heavy (non-hydrogen) atoms. The molecule has 0 spiro atoms. The number of fused-ring (bicyclic) bond motifs is 5. The van der Waals surface area contributed by atoms with Crippen LogP contribution in [-0.2, 0) is 9.53 Å². The highest BCUT2D eigenvalue weighted by atomic mass is 16.5. The maximum Gasteiger partial charge on any atom is 0.302 e. The van der Waals surface area contributed by atoms with E-state index in [9.17, 15) is 9.90 Å². The minimum absolute atomic E-state index is 0.0796. The highest BCUT2D eigenvalue weighted by Gasteiger charge is 2.57. The molecule has 150 valence electrons. The molecule has 3 saturated carbocycles. The quantitative estimate of drug-likeness (QED) is 0.592. The molecule has 3 fully saturated rings. The fourth-order valence-electron chi connectivity index (χ4n) is 7.20. The predicted molar refractivity (Wildman–Crippen MR) is 107 cm³/mol. The van der Waals surface area contributed by atoms with E-state index in [1.807, 2.05) is 0 Å². The number of aliphatic hydroxyl groups is 1. The number of aliphatic imine (C=N–C) groups is 1. The molecule has 4 nitrogen and oxygen atoms in total. The summed E-state index contributed by atoms with van der Waals surface area (Å²) in [5, 5.41) is 9.19. The van der Waals surface area contributed by atoms with Crippen molar-refractivity contribution in [2.75, 3.05) is 13.2 Å². The monoisotopic (exact) mass is 373 g/mol. The van der Waals surface area contributed by atoms with Crippen LogP contribution in [0.15, 0.2) is 16.6 Å². The van der Waals surface area contributed by atoms with E-state index in [1.165, 1.54) is 38.3 Å². The summed E-state index contributed by atoms with van der Waals surface area (Å²) in [6.07, 6.45) is 11.7. The summed E-state index contributed by atoms with van der Waals surface area (Å²) in [6.45, 7) is 7.17. The Bertz CT molecular complexity index is 669. The molecule has 1 N–H and O–H groups in total. The Labute approximate surface area is 163 Å². The Balaban J connectivity index is 1.56. The van der Waals surface area contributed by atoms with Crippen LogP contribution in [0.1, 0.15) is 72.1 Å². The maximum atomic E-state index is 11.4. The number of aliphatic hydroxyl groups excluding tert-OH is 1. The number of allylic oxidation sites excluding steroid dienone is 1. The Kier molecular flexibility index (Phi) is 4.99. The van der Waals surface area contributed by atoms with Crippen LogP contribution in [0, 0.1) is 28.6 Å². The number of ether oxygens (including phenoxy) is 1. The highest BCUT2D eigenvalue weighted by molar-refractivity contribution is 5.92. The predicted octanol–water partition coefficient (Wildman–Crippen LogP) is 4.31. The molecule has 0 radical (unpaired) electrons. The summed E-state index contributed by atoms with van der Waals surface area (Å²) >= 11 is 0. The van der Waals surface area contributed by atoms with Crippen molar-refractivity contribution in [3.63, 3.8) is 0 Å². The first-order valence-corrected chi connectivity index (χ1v) is 10.9. The topological polar surface area (TPSA) is 58.9 Å². The van der Waals surface area contributed by atoms with Crippen molar-refractivity contribution >= 4 is 11.7 Å². The number of esters is 1. The molecule has 4 aliphatic carbocycles. The van der Waals surface area contributed by atoms with Gasteiger partial charge in [0.25, 0.3) is 0 Å². The average Bonchev–Trinajstić information content (AvgIpc) is 2.96. The molecular weight excluding hydrogens is 338 g/mol. The molecule has 0 heterocycles. The number of rotatable bonds is 3. The van der Waals surface area contributed by atoms with Gasteiger partial charge in [-0.1, -0.05) is 25.5 Å². The van der Waals surface area contributed by atoms with Crippen molar-refractivity contribution in [2.45, 2.75) is 78.2 Å². The van der Waals surface area contributed by atoms with E-state index in [0.29, 0.717) is 6.54 Å². The van der Waals surface area contributed by atoms with Gasteiger partial charge in [0.05, 0.1) is 13.2 Å². The Morgan fingerprint density at radius 2 is 1.96 bits per heavy atom. The molecule has 6 atom stereocenters. The Morgan fingerprint density at radius 1 is 1.22 bits per heavy atom. The Morgan fingerprint density at radius 3 is 2.70 bits per heavy atom. The number of carbonyl (C=O) groups excluding carboxylic acids is 1. The third kappa shape index (κ3) is 3.08. The van der Waals surface area contributed by atoms with E-state index in [2.05, 4.69) is 19.9 Å². The van der Waals surface area contributed by atoms with Crippen LogP contribution >= 0.6 is 0 Å². The minimum atomic E-state index is -0.146. The first kappa shape index (κ1) is 19.2. The van der Waals surface area contributed by atoms with E-state index >= 15 is 0 Å².